The summed E-state index contributed by atoms with van der Waals surface area (Å²) in [5.41, 5.74) is 4.67. The maximum absolute atomic E-state index is 12.8. The van der Waals surface area contributed by atoms with Crippen molar-refractivity contribution >= 4 is 17.0 Å². The Morgan fingerprint density at radius 3 is 2.66 bits per heavy atom. The van der Waals surface area contributed by atoms with Crippen LogP contribution in [0.1, 0.15) is 24.8 Å². The maximum atomic E-state index is 12.8. The van der Waals surface area contributed by atoms with Crippen LogP contribution >= 0.6 is 0 Å². The van der Waals surface area contributed by atoms with Crippen LogP contribution in [-0.4, -0.2) is 32.6 Å². The Bertz CT molecular complexity index is 1110. The quantitative estimate of drug-likeness (QED) is 0.734. The molecule has 2 fully saturated rings. The first-order valence-electron chi connectivity index (χ1n) is 10.2. The van der Waals surface area contributed by atoms with E-state index >= 15 is 0 Å². The van der Waals surface area contributed by atoms with Crippen LogP contribution in [-0.2, 0) is 7.05 Å². The number of aryl methyl sites for hydroxylation is 2. The van der Waals surface area contributed by atoms with Crippen LogP contribution in [0.4, 0.5) is 5.95 Å². The molecule has 3 aromatic rings. The summed E-state index contributed by atoms with van der Waals surface area (Å²) in [5.74, 6) is 3.04. The van der Waals surface area contributed by atoms with Gasteiger partial charge >= 0.3 is 0 Å². The first-order chi connectivity index (χ1) is 14.1. The predicted molar refractivity (Wildman–Crippen MR) is 112 cm³/mol. The number of rotatable bonds is 4. The lowest BCUT2D eigenvalue weighted by molar-refractivity contribution is 0.369. The molecule has 5 rings (SSSR count). The highest BCUT2D eigenvalue weighted by Crippen LogP contribution is 2.37. The Morgan fingerprint density at radius 2 is 1.90 bits per heavy atom. The van der Waals surface area contributed by atoms with Gasteiger partial charge in [0.2, 0.25) is 5.95 Å². The van der Waals surface area contributed by atoms with Crippen molar-refractivity contribution in [2.24, 2.45) is 18.9 Å². The molecule has 2 unspecified atom stereocenters. The molecule has 1 saturated carbocycles. The minimum Gasteiger partial charge on any atom is -0.451 e. The van der Waals surface area contributed by atoms with E-state index in [0.717, 1.165) is 35.9 Å². The summed E-state index contributed by atoms with van der Waals surface area (Å²) in [6.07, 6.45) is 5.73. The number of fused-ring (bicyclic) bond motifs is 2. The molecule has 7 heteroatoms. The van der Waals surface area contributed by atoms with E-state index in [0.29, 0.717) is 17.3 Å². The van der Waals surface area contributed by atoms with Crippen molar-refractivity contribution in [1.82, 2.24) is 19.5 Å². The normalized spacial score (nSPS) is 21.4. The molecule has 150 valence electrons. The molecule has 2 aromatic heterocycles. The molecule has 7 nitrogen and oxygen atoms in total. The van der Waals surface area contributed by atoms with Crippen LogP contribution in [0.2, 0.25) is 0 Å². The molecule has 1 aliphatic carbocycles. The Kier molecular flexibility index (Phi) is 4.47. The molecular formula is C22H25N5O2. The average Bonchev–Trinajstić information content (AvgIpc) is 3.30. The highest BCUT2D eigenvalue weighted by Gasteiger charge is 2.36. The van der Waals surface area contributed by atoms with Gasteiger partial charge in [-0.15, -0.1) is 0 Å². The summed E-state index contributed by atoms with van der Waals surface area (Å²) in [6, 6.07) is 9.36. The molecule has 2 aliphatic rings. The Labute approximate surface area is 169 Å². The number of nitrogens with one attached hydrogen (secondary N) is 1. The largest absolute Gasteiger partial charge is 0.451 e. The third-order valence-electron chi connectivity index (χ3n) is 6.21. The zero-order valence-corrected chi connectivity index (χ0v) is 16.8. The summed E-state index contributed by atoms with van der Waals surface area (Å²) in [5, 5.41) is 2.98. The second-order valence-corrected chi connectivity index (χ2v) is 8.18. The van der Waals surface area contributed by atoms with E-state index in [1.165, 1.54) is 23.8 Å². The van der Waals surface area contributed by atoms with Crippen molar-refractivity contribution in [2.45, 2.75) is 26.2 Å². The van der Waals surface area contributed by atoms with Crippen LogP contribution in [0.25, 0.3) is 11.0 Å². The summed E-state index contributed by atoms with van der Waals surface area (Å²) in [4.78, 5) is 21.9. The smallest absolute Gasteiger partial charge is 0.294 e. The Morgan fingerprint density at radius 1 is 1.14 bits per heavy atom. The highest BCUT2D eigenvalue weighted by molar-refractivity contribution is 5.76. The van der Waals surface area contributed by atoms with E-state index in [1.807, 2.05) is 31.2 Å². The van der Waals surface area contributed by atoms with Gasteiger partial charge in [-0.25, -0.2) is 9.99 Å². The first-order valence-corrected chi connectivity index (χ1v) is 10.2. The standard InChI is InChI=1S/C22H25N5O2/c1-14-6-3-4-9-18(14)29-19-10-17-11-23-22(24-20(17)26(2)21(19)28)25-27-12-15-7-5-8-16(15)13-27/h3-4,6,9-11,15-16H,5,7-8,12-13H2,1-2H3,(H,23,24,25). The van der Waals surface area contributed by atoms with Crippen LogP contribution in [0.15, 0.2) is 41.3 Å². The SMILES string of the molecule is Cc1ccccc1Oc1cc2cnc(NN3CC4CCCC4C3)nc2n(C)c1=O. The van der Waals surface area contributed by atoms with Gasteiger partial charge in [-0.3, -0.25) is 14.8 Å². The number of anilines is 1. The minimum atomic E-state index is -0.221. The zero-order chi connectivity index (χ0) is 20.0. The summed E-state index contributed by atoms with van der Waals surface area (Å²) in [6.45, 7) is 4.02. The van der Waals surface area contributed by atoms with Crippen LogP contribution < -0.4 is 15.7 Å². The number of hydrogen-bond donors (Lipinski definition) is 1. The maximum Gasteiger partial charge on any atom is 0.294 e. The molecule has 0 spiro atoms. The van der Waals surface area contributed by atoms with Gasteiger partial charge in [-0.1, -0.05) is 24.6 Å². The number of para-hydroxylation sites is 1. The van der Waals surface area contributed by atoms with Crippen LogP contribution in [0.3, 0.4) is 0 Å². The molecule has 1 N–H and O–H groups in total. The number of hydrazine groups is 1. The monoisotopic (exact) mass is 391 g/mol. The lowest BCUT2D eigenvalue weighted by Crippen LogP contribution is -2.29. The van der Waals surface area contributed by atoms with E-state index in [2.05, 4.69) is 20.4 Å². The van der Waals surface area contributed by atoms with Crippen molar-refractivity contribution in [1.29, 1.82) is 0 Å². The molecule has 29 heavy (non-hydrogen) atoms. The lowest BCUT2D eigenvalue weighted by atomic mass is 10.0. The minimum absolute atomic E-state index is 0.221. The molecule has 1 aliphatic heterocycles. The van der Waals surface area contributed by atoms with Gasteiger partial charge in [0.05, 0.1) is 0 Å². The van der Waals surface area contributed by atoms with Crippen molar-refractivity contribution < 1.29 is 4.74 Å². The number of benzene rings is 1. The number of hydrogen-bond acceptors (Lipinski definition) is 6. The first kappa shape index (κ1) is 18.1. The van der Waals surface area contributed by atoms with E-state index in [4.69, 9.17) is 4.74 Å². The summed E-state index contributed by atoms with van der Waals surface area (Å²) in [7, 11) is 1.71. The summed E-state index contributed by atoms with van der Waals surface area (Å²) < 4.78 is 7.42. The fraction of sp³-hybridized carbons (Fsp3) is 0.409. The van der Waals surface area contributed by atoms with Crippen LogP contribution in [0.5, 0.6) is 11.5 Å². The van der Waals surface area contributed by atoms with Gasteiger partial charge in [0, 0.05) is 31.7 Å². The molecule has 3 heterocycles. The van der Waals surface area contributed by atoms with Crippen molar-refractivity contribution in [3.63, 3.8) is 0 Å². The second-order valence-electron chi connectivity index (χ2n) is 8.18. The van der Waals surface area contributed by atoms with Gasteiger partial charge in [0.15, 0.2) is 5.75 Å². The molecule has 0 amide bonds. The van der Waals surface area contributed by atoms with Gasteiger partial charge in [-0.05, 0) is 49.3 Å². The topological polar surface area (TPSA) is 72.3 Å². The van der Waals surface area contributed by atoms with E-state index in [-0.39, 0.29) is 11.3 Å². The van der Waals surface area contributed by atoms with E-state index in [1.54, 1.807) is 19.3 Å². The summed E-state index contributed by atoms with van der Waals surface area (Å²) >= 11 is 0. The molecule has 0 radical (unpaired) electrons. The number of nitrogens with zero attached hydrogens (tertiary/aromatic N) is 4. The van der Waals surface area contributed by atoms with Gasteiger partial charge < -0.3 is 4.74 Å². The fourth-order valence-corrected chi connectivity index (χ4v) is 4.60. The molecule has 1 saturated heterocycles. The third kappa shape index (κ3) is 3.35. The predicted octanol–water partition coefficient (Wildman–Crippen LogP) is 3.49. The Hall–Kier alpha value is -2.93. The van der Waals surface area contributed by atoms with Gasteiger partial charge in [0.25, 0.3) is 5.56 Å². The van der Waals surface area contributed by atoms with Gasteiger partial charge in [-0.2, -0.15) is 4.98 Å². The third-order valence-corrected chi connectivity index (χ3v) is 6.21. The fourth-order valence-electron chi connectivity index (χ4n) is 4.60. The Balaban J connectivity index is 1.42. The van der Waals surface area contributed by atoms with Crippen molar-refractivity contribution in [3.05, 3.63) is 52.4 Å². The number of aromatic nitrogens is 3. The molecular weight excluding hydrogens is 366 g/mol. The van der Waals surface area contributed by atoms with Gasteiger partial charge in [0.1, 0.15) is 11.4 Å². The number of ether oxygens (including phenoxy) is 1. The highest BCUT2D eigenvalue weighted by atomic mass is 16.5. The van der Waals surface area contributed by atoms with Crippen LogP contribution in [0, 0.1) is 18.8 Å². The molecule has 0 bridgehead atoms. The van der Waals surface area contributed by atoms with E-state index < -0.39 is 0 Å². The van der Waals surface area contributed by atoms with E-state index in [9.17, 15) is 4.79 Å². The second kappa shape index (κ2) is 7.15. The van der Waals surface area contributed by atoms with Crippen molar-refractivity contribution in [3.8, 4) is 11.5 Å². The molecule has 2 atom stereocenters. The number of pyridine rings is 1. The lowest BCUT2D eigenvalue weighted by Gasteiger charge is -2.18. The van der Waals surface area contributed by atoms with Crippen molar-refractivity contribution in [2.75, 3.05) is 18.5 Å². The average molecular weight is 391 g/mol. The molecule has 1 aromatic carbocycles. The zero-order valence-electron chi connectivity index (χ0n) is 16.8.